The van der Waals surface area contributed by atoms with Crippen LogP contribution in [0.5, 0.6) is 0 Å². The standard InChI is InChI=1S/C10H9N3O/c11-10(14)13-8-5-1-3-7-4-2-6-12-9(7)8/h1-6H,(H3,11,13,14). The lowest BCUT2D eigenvalue weighted by molar-refractivity contribution is 0.259. The predicted molar refractivity (Wildman–Crippen MR) is 54.9 cm³/mol. The Bertz CT molecular complexity index is 476. The maximum Gasteiger partial charge on any atom is 0.316 e. The highest BCUT2D eigenvalue weighted by Crippen LogP contribution is 2.19. The van der Waals surface area contributed by atoms with Crippen LogP contribution in [0.3, 0.4) is 0 Å². The van der Waals surface area contributed by atoms with Gasteiger partial charge in [-0.1, -0.05) is 18.2 Å². The Morgan fingerprint density at radius 1 is 1.29 bits per heavy atom. The van der Waals surface area contributed by atoms with Crippen molar-refractivity contribution in [2.24, 2.45) is 5.73 Å². The van der Waals surface area contributed by atoms with E-state index in [4.69, 9.17) is 5.73 Å². The number of carbonyl (C=O) groups excluding carboxylic acids is 1. The van der Waals surface area contributed by atoms with Crippen LogP contribution in [0.1, 0.15) is 0 Å². The average Bonchev–Trinajstić information content (AvgIpc) is 2.18. The molecule has 0 spiro atoms. The fourth-order valence-corrected chi connectivity index (χ4v) is 1.34. The number of hydrogen-bond donors (Lipinski definition) is 2. The number of pyridine rings is 1. The summed E-state index contributed by atoms with van der Waals surface area (Å²) in [4.78, 5) is 14.9. The number of urea groups is 1. The first kappa shape index (κ1) is 8.50. The van der Waals surface area contributed by atoms with Gasteiger partial charge in [-0.15, -0.1) is 0 Å². The average molecular weight is 187 g/mol. The van der Waals surface area contributed by atoms with Crippen molar-refractivity contribution in [1.29, 1.82) is 0 Å². The molecule has 0 unspecified atom stereocenters. The minimum atomic E-state index is -0.580. The predicted octanol–water partition coefficient (Wildman–Crippen LogP) is 1.73. The van der Waals surface area contributed by atoms with Crippen LogP contribution in [0.2, 0.25) is 0 Å². The molecule has 1 aromatic heterocycles. The van der Waals surface area contributed by atoms with Crippen molar-refractivity contribution in [1.82, 2.24) is 4.98 Å². The third-order valence-corrected chi connectivity index (χ3v) is 1.89. The summed E-state index contributed by atoms with van der Waals surface area (Å²) < 4.78 is 0. The van der Waals surface area contributed by atoms with Gasteiger partial charge in [-0.2, -0.15) is 0 Å². The normalized spacial score (nSPS) is 10.0. The van der Waals surface area contributed by atoms with E-state index < -0.39 is 6.03 Å². The van der Waals surface area contributed by atoms with E-state index in [1.807, 2.05) is 24.3 Å². The number of aromatic nitrogens is 1. The first-order chi connectivity index (χ1) is 6.77. The summed E-state index contributed by atoms with van der Waals surface area (Å²) in [5.74, 6) is 0. The van der Waals surface area contributed by atoms with Gasteiger partial charge in [0, 0.05) is 11.6 Å². The number of carbonyl (C=O) groups is 1. The number of primary amides is 1. The first-order valence-electron chi connectivity index (χ1n) is 4.17. The number of para-hydroxylation sites is 1. The van der Waals surface area contributed by atoms with Crippen LogP contribution in [0, 0.1) is 0 Å². The van der Waals surface area contributed by atoms with E-state index in [9.17, 15) is 4.79 Å². The Hall–Kier alpha value is -2.10. The molecule has 2 amide bonds. The zero-order chi connectivity index (χ0) is 9.97. The minimum absolute atomic E-state index is 0.580. The molecule has 0 aliphatic rings. The smallest absolute Gasteiger partial charge is 0.316 e. The van der Waals surface area contributed by atoms with Crippen molar-refractivity contribution in [3.63, 3.8) is 0 Å². The molecule has 2 aromatic rings. The number of nitrogens with one attached hydrogen (secondary N) is 1. The monoisotopic (exact) mass is 187 g/mol. The number of amides is 2. The number of nitrogens with zero attached hydrogens (tertiary/aromatic N) is 1. The summed E-state index contributed by atoms with van der Waals surface area (Å²) in [5.41, 5.74) is 6.42. The van der Waals surface area contributed by atoms with E-state index in [1.165, 1.54) is 0 Å². The summed E-state index contributed by atoms with van der Waals surface area (Å²) in [6.07, 6.45) is 1.68. The maximum absolute atomic E-state index is 10.7. The summed E-state index contributed by atoms with van der Waals surface area (Å²) >= 11 is 0. The van der Waals surface area contributed by atoms with Gasteiger partial charge in [0.25, 0.3) is 0 Å². The molecule has 2 rings (SSSR count). The van der Waals surface area contributed by atoms with Crippen LogP contribution in [0.15, 0.2) is 36.5 Å². The van der Waals surface area contributed by atoms with Gasteiger partial charge in [-0.25, -0.2) is 4.79 Å². The molecule has 70 valence electrons. The molecule has 0 saturated heterocycles. The van der Waals surface area contributed by atoms with Crippen molar-refractivity contribution in [2.75, 3.05) is 5.32 Å². The molecule has 0 bridgehead atoms. The lowest BCUT2D eigenvalue weighted by Gasteiger charge is -2.04. The van der Waals surface area contributed by atoms with Gasteiger partial charge >= 0.3 is 6.03 Å². The van der Waals surface area contributed by atoms with Crippen molar-refractivity contribution >= 4 is 22.6 Å². The lowest BCUT2D eigenvalue weighted by Crippen LogP contribution is -2.19. The largest absolute Gasteiger partial charge is 0.351 e. The fourth-order valence-electron chi connectivity index (χ4n) is 1.34. The summed E-state index contributed by atoms with van der Waals surface area (Å²) in [7, 11) is 0. The first-order valence-corrected chi connectivity index (χ1v) is 4.17. The number of fused-ring (bicyclic) bond motifs is 1. The summed E-state index contributed by atoms with van der Waals surface area (Å²) in [5, 5.41) is 3.50. The van der Waals surface area contributed by atoms with E-state index in [2.05, 4.69) is 10.3 Å². The molecule has 3 N–H and O–H groups in total. The van der Waals surface area contributed by atoms with Gasteiger partial charge in [0.15, 0.2) is 0 Å². The molecule has 0 aliphatic carbocycles. The molecule has 4 heteroatoms. The SMILES string of the molecule is NC(=O)Nc1cccc2cccnc12. The molecule has 1 heterocycles. The Morgan fingerprint density at radius 2 is 2.07 bits per heavy atom. The van der Waals surface area contributed by atoms with Gasteiger partial charge in [-0.3, -0.25) is 4.98 Å². The maximum atomic E-state index is 10.7. The van der Waals surface area contributed by atoms with E-state index in [1.54, 1.807) is 12.3 Å². The van der Waals surface area contributed by atoms with Crippen molar-refractivity contribution in [2.45, 2.75) is 0 Å². The number of anilines is 1. The molecule has 1 aromatic carbocycles. The quantitative estimate of drug-likeness (QED) is 0.713. The molecule has 0 radical (unpaired) electrons. The molecule has 4 nitrogen and oxygen atoms in total. The highest BCUT2D eigenvalue weighted by Gasteiger charge is 2.02. The zero-order valence-corrected chi connectivity index (χ0v) is 7.40. The zero-order valence-electron chi connectivity index (χ0n) is 7.40. The van der Waals surface area contributed by atoms with Crippen molar-refractivity contribution in [3.8, 4) is 0 Å². The Morgan fingerprint density at radius 3 is 2.86 bits per heavy atom. The second kappa shape index (κ2) is 3.33. The van der Waals surface area contributed by atoms with Crippen LogP contribution in [0.4, 0.5) is 10.5 Å². The molecular weight excluding hydrogens is 178 g/mol. The summed E-state index contributed by atoms with van der Waals surface area (Å²) in [6, 6.07) is 8.72. The highest BCUT2D eigenvalue weighted by atomic mass is 16.2. The van der Waals surface area contributed by atoms with E-state index >= 15 is 0 Å². The molecule has 0 fully saturated rings. The second-order valence-corrected chi connectivity index (χ2v) is 2.87. The van der Waals surface area contributed by atoms with Gasteiger partial charge in [-0.05, 0) is 12.1 Å². The number of rotatable bonds is 1. The van der Waals surface area contributed by atoms with Crippen molar-refractivity contribution in [3.05, 3.63) is 36.5 Å². The Balaban J connectivity index is 2.59. The third kappa shape index (κ3) is 1.50. The third-order valence-electron chi connectivity index (χ3n) is 1.89. The van der Waals surface area contributed by atoms with Gasteiger partial charge in [0.1, 0.15) is 0 Å². The molecule has 14 heavy (non-hydrogen) atoms. The van der Waals surface area contributed by atoms with Crippen LogP contribution < -0.4 is 11.1 Å². The van der Waals surface area contributed by atoms with Crippen LogP contribution in [-0.2, 0) is 0 Å². The second-order valence-electron chi connectivity index (χ2n) is 2.87. The molecule has 0 aliphatic heterocycles. The topological polar surface area (TPSA) is 68.0 Å². The molecule has 0 saturated carbocycles. The van der Waals surface area contributed by atoms with Gasteiger partial charge in [0.05, 0.1) is 11.2 Å². The van der Waals surface area contributed by atoms with Gasteiger partial charge < -0.3 is 11.1 Å². The number of nitrogens with two attached hydrogens (primary N) is 1. The molecule has 0 atom stereocenters. The molecular formula is C10H9N3O. The minimum Gasteiger partial charge on any atom is -0.351 e. The fraction of sp³-hybridized carbons (Fsp3) is 0. The highest BCUT2D eigenvalue weighted by molar-refractivity contribution is 5.98. The lowest BCUT2D eigenvalue weighted by atomic mass is 10.2. The summed E-state index contributed by atoms with van der Waals surface area (Å²) in [6.45, 7) is 0. The number of benzene rings is 1. The van der Waals surface area contributed by atoms with Crippen molar-refractivity contribution < 1.29 is 4.79 Å². The van der Waals surface area contributed by atoms with E-state index in [0.29, 0.717) is 5.69 Å². The Labute approximate surface area is 80.7 Å². The Kier molecular flexibility index (Phi) is 2.02. The van der Waals surface area contributed by atoms with Crippen LogP contribution in [-0.4, -0.2) is 11.0 Å². The van der Waals surface area contributed by atoms with Gasteiger partial charge in [0.2, 0.25) is 0 Å². The van der Waals surface area contributed by atoms with Crippen LogP contribution >= 0.6 is 0 Å². The number of hydrogen-bond acceptors (Lipinski definition) is 2. The van der Waals surface area contributed by atoms with E-state index in [0.717, 1.165) is 10.9 Å². The van der Waals surface area contributed by atoms with E-state index in [-0.39, 0.29) is 0 Å². The van der Waals surface area contributed by atoms with Crippen LogP contribution in [0.25, 0.3) is 10.9 Å².